The van der Waals surface area contributed by atoms with Gasteiger partial charge in [0.2, 0.25) is 15.9 Å². The summed E-state index contributed by atoms with van der Waals surface area (Å²) >= 11 is 0. The zero-order valence-corrected chi connectivity index (χ0v) is 18.3. The number of hydrogen-bond donors (Lipinski definition) is 2. The van der Waals surface area contributed by atoms with E-state index >= 15 is 0 Å². The highest BCUT2D eigenvalue weighted by molar-refractivity contribution is 14.0. The van der Waals surface area contributed by atoms with Crippen molar-refractivity contribution in [2.24, 2.45) is 4.99 Å². The topological polar surface area (TPSA) is 94.1 Å². The number of piperazine rings is 1. The van der Waals surface area contributed by atoms with Crippen molar-refractivity contribution < 1.29 is 13.2 Å². The van der Waals surface area contributed by atoms with E-state index in [4.69, 9.17) is 0 Å². The molecule has 10 heteroatoms. The largest absolute Gasteiger partial charge is 0.357 e. The molecule has 0 unspecified atom stereocenters. The molecule has 142 valence electrons. The van der Waals surface area contributed by atoms with Crippen LogP contribution in [0.25, 0.3) is 0 Å². The first-order valence-electron chi connectivity index (χ1n) is 7.82. The number of aliphatic imine (C=N–C) groups is 1. The molecule has 1 fully saturated rings. The minimum Gasteiger partial charge on any atom is -0.357 e. The highest BCUT2D eigenvalue weighted by atomic mass is 127. The molecule has 1 amide bonds. The summed E-state index contributed by atoms with van der Waals surface area (Å²) in [5.41, 5.74) is -0.657. The first-order chi connectivity index (χ1) is 10.5. The van der Waals surface area contributed by atoms with Gasteiger partial charge in [-0.1, -0.05) is 0 Å². The number of guanidine groups is 1. The van der Waals surface area contributed by atoms with Gasteiger partial charge < -0.3 is 15.1 Å². The molecule has 0 saturated carbocycles. The standard InChI is InChI=1S/C14H29N5O3S.HI/c1-6-15-13(16-11-14(3,4)17-23(5,21)22)19-9-7-18(8-10-19)12(2)20;/h17H,6-11H2,1-5H3,(H,15,16);1H. The SMILES string of the molecule is CCNC(=NCC(C)(C)NS(C)(=O)=O)N1CCN(C(C)=O)CC1.I. The molecule has 0 spiro atoms. The molecule has 1 aliphatic rings. The lowest BCUT2D eigenvalue weighted by Crippen LogP contribution is -2.54. The lowest BCUT2D eigenvalue weighted by Gasteiger charge is -2.36. The number of nitrogens with one attached hydrogen (secondary N) is 2. The van der Waals surface area contributed by atoms with E-state index < -0.39 is 15.6 Å². The Morgan fingerprint density at radius 3 is 2.08 bits per heavy atom. The lowest BCUT2D eigenvalue weighted by molar-refractivity contribution is -0.130. The van der Waals surface area contributed by atoms with Gasteiger partial charge in [0.1, 0.15) is 0 Å². The fourth-order valence-corrected chi connectivity index (χ4v) is 3.53. The number of sulfonamides is 1. The first-order valence-corrected chi connectivity index (χ1v) is 9.71. The van der Waals surface area contributed by atoms with Crippen LogP contribution in [-0.4, -0.2) is 81.1 Å². The second-order valence-electron chi connectivity index (χ2n) is 6.42. The van der Waals surface area contributed by atoms with Gasteiger partial charge >= 0.3 is 0 Å². The normalized spacial score (nSPS) is 16.6. The number of halogens is 1. The summed E-state index contributed by atoms with van der Waals surface area (Å²) < 4.78 is 25.4. The maximum Gasteiger partial charge on any atom is 0.219 e. The summed E-state index contributed by atoms with van der Waals surface area (Å²) in [4.78, 5) is 19.9. The summed E-state index contributed by atoms with van der Waals surface area (Å²) in [6, 6.07) is 0. The van der Waals surface area contributed by atoms with Crippen molar-refractivity contribution >= 4 is 45.9 Å². The average molecular weight is 475 g/mol. The number of rotatable bonds is 5. The fourth-order valence-electron chi connectivity index (χ4n) is 2.47. The highest BCUT2D eigenvalue weighted by Crippen LogP contribution is 2.07. The van der Waals surface area contributed by atoms with Crippen LogP contribution < -0.4 is 10.0 Å². The molecule has 0 bridgehead atoms. The number of carbonyl (C=O) groups is 1. The molecule has 1 saturated heterocycles. The predicted octanol–water partition coefficient (Wildman–Crippen LogP) is 0.0618. The van der Waals surface area contributed by atoms with Crippen molar-refractivity contribution in [3.63, 3.8) is 0 Å². The summed E-state index contributed by atoms with van der Waals surface area (Å²) in [5.74, 6) is 0.837. The molecular formula is C14H30IN5O3S. The Balaban J connectivity index is 0.00000529. The van der Waals surface area contributed by atoms with Crippen molar-refractivity contribution in [3.8, 4) is 0 Å². The number of carbonyl (C=O) groups excluding carboxylic acids is 1. The van der Waals surface area contributed by atoms with Gasteiger partial charge in [-0.15, -0.1) is 24.0 Å². The van der Waals surface area contributed by atoms with Crippen molar-refractivity contribution in [1.29, 1.82) is 0 Å². The van der Waals surface area contributed by atoms with Crippen LogP contribution in [0.15, 0.2) is 4.99 Å². The quantitative estimate of drug-likeness (QED) is 0.333. The van der Waals surface area contributed by atoms with Gasteiger partial charge in [-0.05, 0) is 20.8 Å². The van der Waals surface area contributed by atoms with Crippen LogP contribution in [0.1, 0.15) is 27.7 Å². The molecule has 0 radical (unpaired) electrons. The Labute approximate surface area is 162 Å². The molecule has 0 aromatic rings. The van der Waals surface area contributed by atoms with E-state index in [0.29, 0.717) is 32.7 Å². The summed E-state index contributed by atoms with van der Waals surface area (Å²) in [6.45, 7) is 11.0. The van der Waals surface area contributed by atoms with E-state index in [9.17, 15) is 13.2 Å². The van der Waals surface area contributed by atoms with Crippen LogP contribution >= 0.6 is 24.0 Å². The smallest absolute Gasteiger partial charge is 0.219 e. The van der Waals surface area contributed by atoms with E-state index in [1.54, 1.807) is 20.8 Å². The highest BCUT2D eigenvalue weighted by Gasteiger charge is 2.24. The van der Waals surface area contributed by atoms with Crippen LogP contribution in [0.5, 0.6) is 0 Å². The third-order valence-corrected chi connectivity index (χ3v) is 4.37. The molecule has 1 heterocycles. The molecule has 2 N–H and O–H groups in total. The molecule has 8 nitrogen and oxygen atoms in total. The minimum absolute atomic E-state index is 0. The average Bonchev–Trinajstić information content (AvgIpc) is 2.41. The van der Waals surface area contributed by atoms with Gasteiger partial charge in [0.25, 0.3) is 0 Å². The van der Waals surface area contributed by atoms with E-state index in [1.165, 1.54) is 0 Å². The fraction of sp³-hybridized carbons (Fsp3) is 0.857. The second-order valence-corrected chi connectivity index (χ2v) is 8.17. The number of nitrogens with zero attached hydrogens (tertiary/aromatic N) is 3. The summed E-state index contributed by atoms with van der Waals surface area (Å²) in [7, 11) is -3.28. The monoisotopic (exact) mass is 475 g/mol. The van der Waals surface area contributed by atoms with Crippen molar-refractivity contribution in [3.05, 3.63) is 0 Å². The molecule has 24 heavy (non-hydrogen) atoms. The Morgan fingerprint density at radius 2 is 1.67 bits per heavy atom. The maximum atomic E-state index is 11.4. The van der Waals surface area contributed by atoms with E-state index in [2.05, 4.69) is 19.9 Å². The Morgan fingerprint density at radius 1 is 1.17 bits per heavy atom. The molecule has 0 aromatic carbocycles. The summed E-state index contributed by atoms with van der Waals surface area (Å²) in [6.07, 6.45) is 1.14. The Bertz CT molecular complexity index is 543. The third-order valence-electron chi connectivity index (χ3n) is 3.45. The van der Waals surface area contributed by atoms with E-state index in [0.717, 1.165) is 18.8 Å². The van der Waals surface area contributed by atoms with Crippen molar-refractivity contribution in [2.45, 2.75) is 33.2 Å². The van der Waals surface area contributed by atoms with Gasteiger partial charge in [-0.3, -0.25) is 9.79 Å². The van der Waals surface area contributed by atoms with E-state index in [-0.39, 0.29) is 29.9 Å². The molecule has 1 aliphatic heterocycles. The Kier molecular flexibility index (Phi) is 9.51. The molecule has 0 aliphatic carbocycles. The molecule has 1 rings (SSSR count). The number of amides is 1. The van der Waals surface area contributed by atoms with Crippen LogP contribution in [0, 0.1) is 0 Å². The van der Waals surface area contributed by atoms with Crippen LogP contribution in [0.2, 0.25) is 0 Å². The lowest BCUT2D eigenvalue weighted by atomic mass is 10.1. The maximum absolute atomic E-state index is 11.4. The number of hydrogen-bond acceptors (Lipinski definition) is 4. The first kappa shape index (κ1) is 23.4. The third kappa shape index (κ3) is 8.47. The Hall–Kier alpha value is -0.620. The van der Waals surface area contributed by atoms with Gasteiger partial charge in [-0.2, -0.15) is 0 Å². The van der Waals surface area contributed by atoms with Crippen LogP contribution in [0.4, 0.5) is 0 Å². The minimum atomic E-state index is -3.28. The zero-order valence-electron chi connectivity index (χ0n) is 15.1. The predicted molar refractivity (Wildman–Crippen MR) is 107 cm³/mol. The van der Waals surface area contributed by atoms with Gasteiger partial charge in [0.15, 0.2) is 5.96 Å². The second kappa shape index (κ2) is 9.76. The summed E-state index contributed by atoms with van der Waals surface area (Å²) in [5, 5.41) is 3.23. The van der Waals surface area contributed by atoms with Crippen molar-refractivity contribution in [2.75, 3.05) is 45.5 Å². The van der Waals surface area contributed by atoms with Crippen LogP contribution in [0.3, 0.4) is 0 Å². The van der Waals surface area contributed by atoms with Gasteiger partial charge in [0, 0.05) is 45.2 Å². The van der Waals surface area contributed by atoms with Gasteiger partial charge in [0.05, 0.1) is 12.8 Å². The molecular weight excluding hydrogens is 445 g/mol. The van der Waals surface area contributed by atoms with Gasteiger partial charge in [-0.25, -0.2) is 13.1 Å². The van der Waals surface area contributed by atoms with Crippen molar-refractivity contribution in [1.82, 2.24) is 19.8 Å². The van der Waals surface area contributed by atoms with E-state index in [1.807, 2.05) is 11.8 Å². The zero-order chi connectivity index (χ0) is 17.7. The molecule has 0 aromatic heterocycles. The van der Waals surface area contributed by atoms with Crippen LogP contribution in [-0.2, 0) is 14.8 Å². The molecule has 0 atom stereocenters.